The van der Waals surface area contributed by atoms with Gasteiger partial charge in [-0.15, -0.1) is 0 Å². The number of hydrogen-bond acceptors (Lipinski definition) is 5. The summed E-state index contributed by atoms with van der Waals surface area (Å²) in [5.74, 6) is 0.333. The smallest absolute Gasteiger partial charge is 0.343 e. The SMILES string of the molecule is COc1cc(C(N)CC(=O)N2CCCCC2)ccc1OC(=O)c1ccccc1. The maximum Gasteiger partial charge on any atom is 0.343 e. The van der Waals surface area contributed by atoms with Crippen molar-refractivity contribution in [2.24, 2.45) is 5.73 Å². The van der Waals surface area contributed by atoms with Crippen molar-refractivity contribution in [2.45, 2.75) is 31.7 Å². The highest BCUT2D eigenvalue weighted by Crippen LogP contribution is 2.31. The number of ether oxygens (including phenoxy) is 2. The van der Waals surface area contributed by atoms with Gasteiger partial charge in [-0.2, -0.15) is 0 Å². The number of rotatable bonds is 6. The van der Waals surface area contributed by atoms with E-state index in [-0.39, 0.29) is 12.3 Å². The average Bonchev–Trinajstić information content (AvgIpc) is 2.75. The molecule has 0 spiro atoms. The number of benzene rings is 2. The minimum absolute atomic E-state index is 0.0748. The molecule has 2 N–H and O–H groups in total. The number of nitrogens with zero attached hydrogens (tertiary/aromatic N) is 1. The summed E-state index contributed by atoms with van der Waals surface area (Å²) in [6.45, 7) is 1.62. The molecule has 1 atom stereocenters. The molecular weight excluding hydrogens is 356 g/mol. The summed E-state index contributed by atoms with van der Waals surface area (Å²) in [6, 6.07) is 13.5. The standard InChI is InChI=1S/C22H26N2O4/c1-27-20-14-17(18(23)15-21(25)24-12-6-3-7-13-24)10-11-19(20)28-22(26)16-8-4-2-5-9-16/h2,4-5,8-11,14,18H,3,6-7,12-13,15,23H2,1H3. The van der Waals surface area contributed by atoms with E-state index < -0.39 is 12.0 Å². The highest BCUT2D eigenvalue weighted by atomic mass is 16.6. The molecule has 0 saturated carbocycles. The molecule has 1 amide bonds. The van der Waals surface area contributed by atoms with Gasteiger partial charge in [-0.3, -0.25) is 4.79 Å². The number of likely N-dealkylation sites (tertiary alicyclic amines) is 1. The second-order valence-electron chi connectivity index (χ2n) is 6.92. The van der Waals surface area contributed by atoms with E-state index in [9.17, 15) is 9.59 Å². The van der Waals surface area contributed by atoms with Gasteiger partial charge in [-0.1, -0.05) is 24.3 Å². The lowest BCUT2D eigenvalue weighted by atomic mass is 10.0. The highest BCUT2D eigenvalue weighted by molar-refractivity contribution is 5.91. The van der Waals surface area contributed by atoms with E-state index >= 15 is 0 Å². The van der Waals surface area contributed by atoms with E-state index in [1.807, 2.05) is 11.0 Å². The Kier molecular flexibility index (Phi) is 6.66. The van der Waals surface area contributed by atoms with Crippen molar-refractivity contribution >= 4 is 11.9 Å². The van der Waals surface area contributed by atoms with Crippen molar-refractivity contribution in [3.05, 3.63) is 59.7 Å². The molecule has 1 aliphatic heterocycles. The number of carbonyl (C=O) groups is 2. The monoisotopic (exact) mass is 382 g/mol. The van der Waals surface area contributed by atoms with Gasteiger partial charge >= 0.3 is 5.97 Å². The lowest BCUT2D eigenvalue weighted by molar-refractivity contribution is -0.132. The molecule has 0 bridgehead atoms. The molecule has 1 unspecified atom stereocenters. The molecule has 6 nitrogen and oxygen atoms in total. The molecule has 3 rings (SSSR count). The first-order chi connectivity index (χ1) is 13.6. The fourth-order valence-corrected chi connectivity index (χ4v) is 3.31. The van der Waals surface area contributed by atoms with Crippen LogP contribution in [0.5, 0.6) is 11.5 Å². The normalized spacial score (nSPS) is 15.0. The van der Waals surface area contributed by atoms with E-state index in [0.717, 1.165) is 31.5 Å². The summed E-state index contributed by atoms with van der Waals surface area (Å²) in [5.41, 5.74) is 7.48. The Morgan fingerprint density at radius 1 is 1.04 bits per heavy atom. The Labute approximate surface area is 165 Å². The van der Waals surface area contributed by atoms with Gasteiger partial charge in [0.15, 0.2) is 11.5 Å². The van der Waals surface area contributed by atoms with E-state index in [0.29, 0.717) is 17.1 Å². The van der Waals surface area contributed by atoms with E-state index in [2.05, 4.69) is 0 Å². The summed E-state index contributed by atoms with van der Waals surface area (Å²) in [4.78, 5) is 26.6. The number of carbonyl (C=O) groups excluding carboxylic acids is 2. The molecule has 6 heteroatoms. The Balaban J connectivity index is 1.68. The maximum absolute atomic E-state index is 12.5. The molecule has 2 aromatic rings. The minimum atomic E-state index is -0.462. The first kappa shape index (κ1) is 19.9. The van der Waals surface area contributed by atoms with Gasteiger partial charge in [-0.05, 0) is 49.1 Å². The molecule has 1 aliphatic rings. The van der Waals surface area contributed by atoms with Gasteiger partial charge in [0.1, 0.15) is 0 Å². The zero-order valence-electron chi connectivity index (χ0n) is 16.1. The predicted molar refractivity (Wildman–Crippen MR) is 106 cm³/mol. The molecule has 0 aliphatic carbocycles. The van der Waals surface area contributed by atoms with Crippen LogP contribution in [0.2, 0.25) is 0 Å². The van der Waals surface area contributed by atoms with Gasteiger partial charge in [-0.25, -0.2) is 4.79 Å². The molecule has 1 fully saturated rings. The first-order valence-electron chi connectivity index (χ1n) is 9.57. The Morgan fingerprint density at radius 2 is 1.75 bits per heavy atom. The quantitative estimate of drug-likeness (QED) is 0.612. The van der Waals surface area contributed by atoms with Crippen LogP contribution in [0.25, 0.3) is 0 Å². The van der Waals surface area contributed by atoms with Crippen LogP contribution in [0.1, 0.15) is 47.6 Å². The van der Waals surface area contributed by atoms with Crippen LogP contribution in [-0.2, 0) is 4.79 Å². The number of esters is 1. The predicted octanol–water partition coefficient (Wildman–Crippen LogP) is 3.32. The Hall–Kier alpha value is -2.86. The molecular formula is C22H26N2O4. The van der Waals surface area contributed by atoms with Crippen LogP contribution in [0.15, 0.2) is 48.5 Å². The zero-order chi connectivity index (χ0) is 19.9. The van der Waals surface area contributed by atoms with Crippen molar-refractivity contribution < 1.29 is 19.1 Å². The number of hydrogen-bond donors (Lipinski definition) is 1. The number of nitrogens with two attached hydrogens (primary N) is 1. The van der Waals surface area contributed by atoms with Crippen molar-refractivity contribution in [1.82, 2.24) is 4.90 Å². The molecule has 1 saturated heterocycles. The third-order valence-corrected chi connectivity index (χ3v) is 4.93. The van der Waals surface area contributed by atoms with Gasteiger partial charge in [0.05, 0.1) is 12.7 Å². The summed E-state index contributed by atoms with van der Waals surface area (Å²) in [6.07, 6.45) is 3.52. The molecule has 0 aromatic heterocycles. The van der Waals surface area contributed by atoms with E-state index in [4.69, 9.17) is 15.2 Å². The molecule has 0 radical (unpaired) electrons. The van der Waals surface area contributed by atoms with Crippen LogP contribution in [0.3, 0.4) is 0 Å². The minimum Gasteiger partial charge on any atom is -0.493 e. The van der Waals surface area contributed by atoms with E-state index in [1.54, 1.807) is 42.5 Å². The van der Waals surface area contributed by atoms with Crippen LogP contribution < -0.4 is 15.2 Å². The van der Waals surface area contributed by atoms with Gasteiger partial charge in [0, 0.05) is 25.6 Å². The van der Waals surface area contributed by atoms with Crippen LogP contribution in [0.4, 0.5) is 0 Å². The van der Waals surface area contributed by atoms with Crippen LogP contribution in [-0.4, -0.2) is 37.0 Å². The number of methoxy groups -OCH3 is 1. The molecule has 28 heavy (non-hydrogen) atoms. The lowest BCUT2D eigenvalue weighted by Gasteiger charge is -2.28. The lowest BCUT2D eigenvalue weighted by Crippen LogP contribution is -2.37. The highest BCUT2D eigenvalue weighted by Gasteiger charge is 2.21. The van der Waals surface area contributed by atoms with Crippen LogP contribution >= 0.6 is 0 Å². The van der Waals surface area contributed by atoms with Gasteiger partial charge in [0.25, 0.3) is 0 Å². The third-order valence-electron chi connectivity index (χ3n) is 4.93. The van der Waals surface area contributed by atoms with Crippen molar-refractivity contribution in [3.8, 4) is 11.5 Å². The van der Waals surface area contributed by atoms with E-state index in [1.165, 1.54) is 13.5 Å². The summed E-state index contributed by atoms with van der Waals surface area (Å²) >= 11 is 0. The second-order valence-corrected chi connectivity index (χ2v) is 6.92. The summed E-state index contributed by atoms with van der Waals surface area (Å²) < 4.78 is 10.8. The fourth-order valence-electron chi connectivity index (χ4n) is 3.31. The summed E-state index contributed by atoms with van der Waals surface area (Å²) in [5, 5.41) is 0. The largest absolute Gasteiger partial charge is 0.493 e. The summed E-state index contributed by atoms with van der Waals surface area (Å²) in [7, 11) is 1.50. The topological polar surface area (TPSA) is 81.9 Å². The van der Waals surface area contributed by atoms with Crippen molar-refractivity contribution in [1.29, 1.82) is 0 Å². The Morgan fingerprint density at radius 3 is 2.43 bits per heavy atom. The molecule has 2 aromatic carbocycles. The van der Waals surface area contributed by atoms with Gasteiger partial charge in [0.2, 0.25) is 5.91 Å². The second kappa shape index (κ2) is 9.37. The first-order valence-corrected chi connectivity index (χ1v) is 9.57. The van der Waals surface area contributed by atoms with Crippen molar-refractivity contribution in [3.63, 3.8) is 0 Å². The van der Waals surface area contributed by atoms with Crippen LogP contribution in [0, 0.1) is 0 Å². The van der Waals surface area contributed by atoms with Gasteiger partial charge < -0.3 is 20.1 Å². The maximum atomic E-state index is 12.5. The average molecular weight is 382 g/mol. The van der Waals surface area contributed by atoms with Crippen molar-refractivity contribution in [2.75, 3.05) is 20.2 Å². The molecule has 1 heterocycles. The Bertz CT molecular complexity index is 817. The zero-order valence-corrected chi connectivity index (χ0v) is 16.1. The number of amides is 1. The molecule has 148 valence electrons. The fraction of sp³-hybridized carbons (Fsp3) is 0.364. The number of piperidine rings is 1. The third kappa shape index (κ3) is 4.89.